The summed E-state index contributed by atoms with van der Waals surface area (Å²) < 4.78 is 0. The number of aliphatic hydroxyl groups excluding tert-OH is 1. The predicted octanol–water partition coefficient (Wildman–Crippen LogP) is 3.19. The van der Waals surface area contributed by atoms with E-state index in [1.807, 2.05) is 12.1 Å². The van der Waals surface area contributed by atoms with Crippen LogP contribution in [0.2, 0.25) is 5.02 Å². The number of aliphatic hydroxyl groups is 1. The molecule has 3 heteroatoms. The fourth-order valence-corrected chi connectivity index (χ4v) is 2.74. The van der Waals surface area contributed by atoms with Crippen molar-refractivity contribution in [2.24, 2.45) is 5.92 Å². The number of benzene rings is 1. The Morgan fingerprint density at radius 1 is 1.39 bits per heavy atom. The summed E-state index contributed by atoms with van der Waals surface area (Å²) in [4.78, 5) is 0. The van der Waals surface area contributed by atoms with Gasteiger partial charge in [0.15, 0.2) is 0 Å². The second-order valence-electron chi connectivity index (χ2n) is 5.62. The Morgan fingerprint density at radius 3 is 2.67 bits per heavy atom. The summed E-state index contributed by atoms with van der Waals surface area (Å²) >= 11 is 6.01. The lowest BCUT2D eigenvalue weighted by Crippen LogP contribution is -2.49. The van der Waals surface area contributed by atoms with Gasteiger partial charge in [0.05, 0.1) is 6.61 Å². The molecular weight excluding hydrogens is 246 g/mol. The second-order valence-corrected chi connectivity index (χ2v) is 6.06. The monoisotopic (exact) mass is 267 g/mol. The number of nitrogens with one attached hydrogen (secondary N) is 1. The quantitative estimate of drug-likeness (QED) is 0.859. The van der Waals surface area contributed by atoms with Crippen LogP contribution in [0.5, 0.6) is 0 Å². The lowest BCUT2D eigenvalue weighted by atomic mass is 9.75. The third-order valence-electron chi connectivity index (χ3n) is 3.91. The lowest BCUT2D eigenvalue weighted by molar-refractivity contribution is 0.169. The summed E-state index contributed by atoms with van der Waals surface area (Å²) in [6, 6.07) is 8.90. The van der Waals surface area contributed by atoms with E-state index in [1.165, 1.54) is 5.56 Å². The maximum atomic E-state index is 9.30. The van der Waals surface area contributed by atoms with Crippen LogP contribution < -0.4 is 5.32 Å². The predicted molar refractivity (Wildman–Crippen MR) is 76.1 cm³/mol. The van der Waals surface area contributed by atoms with Gasteiger partial charge in [-0.15, -0.1) is 0 Å². The van der Waals surface area contributed by atoms with E-state index >= 15 is 0 Å². The molecular formula is C15H22ClNO. The maximum absolute atomic E-state index is 9.30. The Hall–Kier alpha value is -0.570. The third-order valence-corrected chi connectivity index (χ3v) is 4.14. The third kappa shape index (κ3) is 3.25. The molecule has 0 spiro atoms. The highest BCUT2D eigenvalue weighted by Crippen LogP contribution is 2.38. The van der Waals surface area contributed by atoms with Gasteiger partial charge >= 0.3 is 0 Å². The van der Waals surface area contributed by atoms with Crippen LogP contribution in [0.25, 0.3) is 0 Å². The van der Waals surface area contributed by atoms with Crippen LogP contribution in [0, 0.1) is 5.92 Å². The summed E-state index contributed by atoms with van der Waals surface area (Å²) in [5.74, 6) is 1.09. The largest absolute Gasteiger partial charge is 0.395 e. The minimum atomic E-state index is 0.218. The van der Waals surface area contributed by atoms with Crippen molar-refractivity contribution in [3.63, 3.8) is 0 Å². The zero-order chi connectivity index (χ0) is 13.1. The van der Waals surface area contributed by atoms with Crippen molar-refractivity contribution in [2.45, 2.75) is 44.7 Å². The molecule has 0 unspecified atom stereocenters. The number of rotatable bonds is 5. The van der Waals surface area contributed by atoms with E-state index in [4.69, 9.17) is 11.6 Å². The second kappa shape index (κ2) is 6.05. The molecule has 18 heavy (non-hydrogen) atoms. The Kier molecular flexibility index (Phi) is 4.66. The Labute approximate surface area is 114 Å². The first-order chi connectivity index (χ1) is 8.60. The normalized spacial score (nSPS) is 24.9. The molecule has 0 amide bonds. The minimum Gasteiger partial charge on any atom is -0.395 e. The molecule has 100 valence electrons. The van der Waals surface area contributed by atoms with Crippen LogP contribution >= 0.6 is 11.6 Å². The van der Waals surface area contributed by atoms with E-state index in [0.717, 1.165) is 17.9 Å². The van der Waals surface area contributed by atoms with Crippen molar-refractivity contribution in [1.29, 1.82) is 0 Å². The number of hydrogen-bond acceptors (Lipinski definition) is 2. The first kappa shape index (κ1) is 13.9. The molecule has 0 bridgehead atoms. The standard InChI is InChI=1S/C15H22ClNO/c1-10(2)15(9-18)17-14-7-12(8-14)11-4-3-5-13(16)6-11/h3-6,10,12,14-15,17-18H,7-9H2,1-2H3/t12?,14?,15-/m1/s1. The molecule has 1 saturated carbocycles. The van der Waals surface area contributed by atoms with Gasteiger partial charge in [-0.1, -0.05) is 37.6 Å². The van der Waals surface area contributed by atoms with Gasteiger partial charge < -0.3 is 10.4 Å². The molecule has 0 aromatic heterocycles. The van der Waals surface area contributed by atoms with E-state index < -0.39 is 0 Å². The van der Waals surface area contributed by atoms with Crippen LogP contribution in [-0.2, 0) is 0 Å². The van der Waals surface area contributed by atoms with Crippen molar-refractivity contribution < 1.29 is 5.11 Å². The number of hydrogen-bond donors (Lipinski definition) is 2. The summed E-state index contributed by atoms with van der Waals surface area (Å²) in [7, 11) is 0. The average Bonchev–Trinajstić information content (AvgIpc) is 2.27. The van der Waals surface area contributed by atoms with E-state index in [0.29, 0.717) is 17.9 Å². The van der Waals surface area contributed by atoms with Crippen molar-refractivity contribution in [2.75, 3.05) is 6.61 Å². The van der Waals surface area contributed by atoms with Crippen molar-refractivity contribution >= 4 is 11.6 Å². The highest BCUT2D eigenvalue weighted by Gasteiger charge is 2.32. The topological polar surface area (TPSA) is 32.3 Å². The average molecular weight is 268 g/mol. The summed E-state index contributed by atoms with van der Waals surface area (Å²) in [5, 5.41) is 13.7. The maximum Gasteiger partial charge on any atom is 0.0587 e. The van der Waals surface area contributed by atoms with Gasteiger partial charge in [-0.2, -0.15) is 0 Å². The molecule has 0 aliphatic heterocycles. The molecule has 1 atom stereocenters. The molecule has 2 nitrogen and oxygen atoms in total. The first-order valence-corrected chi connectivity index (χ1v) is 7.10. The van der Waals surface area contributed by atoms with E-state index in [-0.39, 0.29) is 12.6 Å². The fourth-order valence-electron chi connectivity index (χ4n) is 2.55. The van der Waals surface area contributed by atoms with Crippen molar-refractivity contribution in [3.8, 4) is 0 Å². The molecule has 1 aromatic carbocycles. The first-order valence-electron chi connectivity index (χ1n) is 6.72. The van der Waals surface area contributed by atoms with Gasteiger partial charge in [-0.05, 0) is 42.4 Å². The Bertz CT molecular complexity index is 388. The van der Waals surface area contributed by atoms with Crippen LogP contribution in [0.15, 0.2) is 24.3 Å². The van der Waals surface area contributed by atoms with Gasteiger partial charge in [0.2, 0.25) is 0 Å². The van der Waals surface area contributed by atoms with E-state index in [2.05, 4.69) is 31.3 Å². The molecule has 1 aliphatic rings. The highest BCUT2D eigenvalue weighted by molar-refractivity contribution is 6.30. The Balaban J connectivity index is 1.83. The van der Waals surface area contributed by atoms with Gasteiger partial charge in [-0.25, -0.2) is 0 Å². The summed E-state index contributed by atoms with van der Waals surface area (Å²) in [6.45, 7) is 4.50. The van der Waals surface area contributed by atoms with Crippen LogP contribution in [0.1, 0.15) is 38.2 Å². The van der Waals surface area contributed by atoms with Crippen molar-refractivity contribution in [1.82, 2.24) is 5.32 Å². The molecule has 2 rings (SSSR count). The van der Waals surface area contributed by atoms with Gasteiger partial charge in [0, 0.05) is 17.1 Å². The molecule has 1 aliphatic carbocycles. The zero-order valence-corrected chi connectivity index (χ0v) is 11.8. The minimum absolute atomic E-state index is 0.218. The van der Waals surface area contributed by atoms with Crippen LogP contribution in [0.4, 0.5) is 0 Å². The van der Waals surface area contributed by atoms with E-state index in [9.17, 15) is 5.11 Å². The molecule has 0 radical (unpaired) electrons. The SMILES string of the molecule is CC(C)[C@@H](CO)NC1CC(c2cccc(Cl)c2)C1. The fraction of sp³-hybridized carbons (Fsp3) is 0.600. The summed E-state index contributed by atoms with van der Waals surface area (Å²) in [5.41, 5.74) is 1.34. The van der Waals surface area contributed by atoms with Gasteiger partial charge in [0.1, 0.15) is 0 Å². The zero-order valence-electron chi connectivity index (χ0n) is 11.1. The smallest absolute Gasteiger partial charge is 0.0587 e. The summed E-state index contributed by atoms with van der Waals surface area (Å²) in [6.07, 6.45) is 2.28. The molecule has 0 saturated heterocycles. The van der Waals surface area contributed by atoms with Crippen LogP contribution in [0.3, 0.4) is 0 Å². The Morgan fingerprint density at radius 2 is 2.11 bits per heavy atom. The molecule has 0 heterocycles. The lowest BCUT2D eigenvalue weighted by Gasteiger charge is -2.39. The van der Waals surface area contributed by atoms with Gasteiger partial charge in [-0.3, -0.25) is 0 Å². The molecule has 1 fully saturated rings. The van der Waals surface area contributed by atoms with E-state index in [1.54, 1.807) is 0 Å². The van der Waals surface area contributed by atoms with Crippen molar-refractivity contribution in [3.05, 3.63) is 34.9 Å². The van der Waals surface area contributed by atoms with Gasteiger partial charge in [0.25, 0.3) is 0 Å². The molecule has 1 aromatic rings. The molecule has 2 N–H and O–H groups in total. The number of halogens is 1. The van der Waals surface area contributed by atoms with Crippen LogP contribution in [-0.4, -0.2) is 23.8 Å². The highest BCUT2D eigenvalue weighted by atomic mass is 35.5.